The molecule has 0 fully saturated rings. The standard InChI is InChI=1S/C18H23NO/c1-13-4-9-18(10-14(13)2)20-12-16-5-7-17(8-6-16)15(3)11-19/h4-10,15H,11-12,19H2,1-3H3. The Morgan fingerprint density at radius 1 is 1.00 bits per heavy atom. The predicted molar refractivity (Wildman–Crippen MR) is 84.2 cm³/mol. The van der Waals surface area contributed by atoms with Crippen LogP contribution in [0.3, 0.4) is 0 Å². The Hall–Kier alpha value is -1.80. The van der Waals surface area contributed by atoms with Gasteiger partial charge in [-0.2, -0.15) is 0 Å². The molecule has 106 valence electrons. The van der Waals surface area contributed by atoms with Gasteiger partial charge in [-0.25, -0.2) is 0 Å². The van der Waals surface area contributed by atoms with Crippen molar-refractivity contribution in [2.75, 3.05) is 6.54 Å². The average molecular weight is 269 g/mol. The number of hydrogen-bond acceptors (Lipinski definition) is 2. The van der Waals surface area contributed by atoms with E-state index in [9.17, 15) is 0 Å². The van der Waals surface area contributed by atoms with Crippen LogP contribution < -0.4 is 10.5 Å². The maximum absolute atomic E-state index is 5.83. The molecule has 1 atom stereocenters. The fourth-order valence-electron chi connectivity index (χ4n) is 2.05. The highest BCUT2D eigenvalue weighted by molar-refractivity contribution is 5.34. The van der Waals surface area contributed by atoms with E-state index in [4.69, 9.17) is 10.5 Å². The second-order valence-corrected chi connectivity index (χ2v) is 5.41. The van der Waals surface area contributed by atoms with E-state index in [1.54, 1.807) is 0 Å². The predicted octanol–water partition coefficient (Wildman–Crippen LogP) is 3.94. The summed E-state index contributed by atoms with van der Waals surface area (Å²) in [7, 11) is 0. The van der Waals surface area contributed by atoms with Gasteiger partial charge in [0.05, 0.1) is 0 Å². The molecule has 0 aliphatic rings. The summed E-state index contributed by atoms with van der Waals surface area (Å²) in [5.41, 5.74) is 10.7. The zero-order valence-electron chi connectivity index (χ0n) is 12.5. The number of ether oxygens (including phenoxy) is 1. The zero-order valence-corrected chi connectivity index (χ0v) is 12.5. The van der Waals surface area contributed by atoms with Gasteiger partial charge in [0.1, 0.15) is 12.4 Å². The molecule has 0 saturated heterocycles. The molecule has 0 heterocycles. The van der Waals surface area contributed by atoms with Crippen LogP contribution in [0.1, 0.15) is 35.1 Å². The van der Waals surface area contributed by atoms with Crippen LogP contribution >= 0.6 is 0 Å². The molecule has 2 aromatic rings. The average Bonchev–Trinajstić information content (AvgIpc) is 2.48. The maximum atomic E-state index is 5.83. The van der Waals surface area contributed by atoms with Crippen LogP contribution in [0.4, 0.5) is 0 Å². The van der Waals surface area contributed by atoms with Gasteiger partial charge in [-0.05, 0) is 60.7 Å². The SMILES string of the molecule is Cc1ccc(OCc2ccc(C(C)CN)cc2)cc1C. The van der Waals surface area contributed by atoms with Crippen LogP contribution in [0, 0.1) is 13.8 Å². The Morgan fingerprint density at radius 3 is 2.30 bits per heavy atom. The minimum Gasteiger partial charge on any atom is -0.489 e. The van der Waals surface area contributed by atoms with Gasteiger partial charge in [0.2, 0.25) is 0 Å². The third-order valence-corrected chi connectivity index (χ3v) is 3.79. The number of benzene rings is 2. The van der Waals surface area contributed by atoms with E-state index >= 15 is 0 Å². The monoisotopic (exact) mass is 269 g/mol. The highest BCUT2D eigenvalue weighted by Crippen LogP contribution is 2.19. The van der Waals surface area contributed by atoms with Crippen molar-refractivity contribution in [3.05, 3.63) is 64.7 Å². The Bertz CT molecular complexity index is 560. The minimum absolute atomic E-state index is 0.407. The molecule has 2 N–H and O–H groups in total. The first-order chi connectivity index (χ1) is 9.60. The molecular weight excluding hydrogens is 246 g/mol. The Labute approximate surface area is 121 Å². The van der Waals surface area contributed by atoms with Crippen LogP contribution in [0.5, 0.6) is 5.75 Å². The fraction of sp³-hybridized carbons (Fsp3) is 0.333. The largest absolute Gasteiger partial charge is 0.489 e. The molecule has 2 heteroatoms. The van der Waals surface area contributed by atoms with Crippen molar-refractivity contribution < 1.29 is 4.74 Å². The Kier molecular flexibility index (Phi) is 4.80. The van der Waals surface area contributed by atoms with E-state index in [0.717, 1.165) is 5.75 Å². The summed E-state index contributed by atoms with van der Waals surface area (Å²) < 4.78 is 5.83. The van der Waals surface area contributed by atoms with E-state index in [-0.39, 0.29) is 0 Å². The summed E-state index contributed by atoms with van der Waals surface area (Å²) in [6.07, 6.45) is 0. The van der Waals surface area contributed by atoms with E-state index in [1.165, 1.54) is 22.3 Å². The van der Waals surface area contributed by atoms with Gasteiger partial charge in [-0.3, -0.25) is 0 Å². The molecule has 0 spiro atoms. The molecule has 0 aliphatic heterocycles. The second-order valence-electron chi connectivity index (χ2n) is 5.41. The second kappa shape index (κ2) is 6.58. The Morgan fingerprint density at radius 2 is 1.70 bits per heavy atom. The third kappa shape index (κ3) is 3.61. The molecule has 0 amide bonds. The maximum Gasteiger partial charge on any atom is 0.120 e. The molecule has 0 bridgehead atoms. The summed E-state index contributed by atoms with van der Waals surface area (Å²) in [6, 6.07) is 14.7. The first kappa shape index (κ1) is 14.6. The lowest BCUT2D eigenvalue weighted by Crippen LogP contribution is -2.08. The number of rotatable bonds is 5. The van der Waals surface area contributed by atoms with E-state index in [1.807, 2.05) is 6.07 Å². The number of aryl methyl sites for hydroxylation is 2. The quantitative estimate of drug-likeness (QED) is 0.892. The van der Waals surface area contributed by atoms with Gasteiger partial charge in [-0.1, -0.05) is 37.3 Å². The summed E-state index contributed by atoms with van der Waals surface area (Å²) in [4.78, 5) is 0. The molecule has 0 aromatic heterocycles. The molecule has 1 unspecified atom stereocenters. The van der Waals surface area contributed by atoms with E-state index in [0.29, 0.717) is 19.1 Å². The van der Waals surface area contributed by atoms with Gasteiger partial charge in [0.25, 0.3) is 0 Å². The van der Waals surface area contributed by atoms with Crippen molar-refractivity contribution in [1.29, 1.82) is 0 Å². The zero-order chi connectivity index (χ0) is 14.5. The molecule has 2 rings (SSSR count). The van der Waals surface area contributed by atoms with Gasteiger partial charge < -0.3 is 10.5 Å². The molecule has 20 heavy (non-hydrogen) atoms. The van der Waals surface area contributed by atoms with Crippen molar-refractivity contribution in [1.82, 2.24) is 0 Å². The summed E-state index contributed by atoms with van der Waals surface area (Å²) in [6.45, 7) is 7.63. The van der Waals surface area contributed by atoms with E-state index < -0.39 is 0 Å². The first-order valence-corrected chi connectivity index (χ1v) is 7.09. The Balaban J connectivity index is 1.98. The molecule has 0 radical (unpaired) electrons. The van der Waals surface area contributed by atoms with Crippen LogP contribution in [0.2, 0.25) is 0 Å². The van der Waals surface area contributed by atoms with Crippen molar-refractivity contribution in [2.24, 2.45) is 5.73 Å². The van der Waals surface area contributed by atoms with Gasteiger partial charge >= 0.3 is 0 Å². The topological polar surface area (TPSA) is 35.2 Å². The van der Waals surface area contributed by atoms with Gasteiger partial charge in [0.15, 0.2) is 0 Å². The van der Waals surface area contributed by atoms with Crippen LogP contribution in [-0.2, 0) is 6.61 Å². The fourth-order valence-corrected chi connectivity index (χ4v) is 2.05. The molecular formula is C18H23NO. The normalized spacial score (nSPS) is 12.2. The van der Waals surface area contributed by atoms with Gasteiger partial charge in [-0.15, -0.1) is 0 Å². The molecule has 2 aromatic carbocycles. The summed E-state index contributed by atoms with van der Waals surface area (Å²) in [5.74, 6) is 1.33. The minimum atomic E-state index is 0.407. The molecule has 2 nitrogen and oxygen atoms in total. The van der Waals surface area contributed by atoms with Crippen LogP contribution in [0.25, 0.3) is 0 Å². The highest BCUT2D eigenvalue weighted by atomic mass is 16.5. The van der Waals surface area contributed by atoms with Crippen LogP contribution in [0.15, 0.2) is 42.5 Å². The van der Waals surface area contributed by atoms with Crippen molar-refractivity contribution in [2.45, 2.75) is 33.3 Å². The molecule has 0 saturated carbocycles. The van der Waals surface area contributed by atoms with Crippen molar-refractivity contribution >= 4 is 0 Å². The number of hydrogen-bond donors (Lipinski definition) is 1. The smallest absolute Gasteiger partial charge is 0.120 e. The lowest BCUT2D eigenvalue weighted by molar-refractivity contribution is 0.306. The highest BCUT2D eigenvalue weighted by Gasteiger charge is 2.03. The van der Waals surface area contributed by atoms with Crippen LogP contribution in [-0.4, -0.2) is 6.54 Å². The van der Waals surface area contributed by atoms with E-state index in [2.05, 4.69) is 57.2 Å². The first-order valence-electron chi connectivity index (χ1n) is 7.09. The number of nitrogens with two attached hydrogens (primary N) is 1. The summed E-state index contributed by atoms with van der Waals surface area (Å²) >= 11 is 0. The summed E-state index contributed by atoms with van der Waals surface area (Å²) in [5, 5.41) is 0. The van der Waals surface area contributed by atoms with Gasteiger partial charge in [0, 0.05) is 0 Å². The lowest BCUT2D eigenvalue weighted by atomic mass is 10.0. The lowest BCUT2D eigenvalue weighted by Gasteiger charge is -2.11. The third-order valence-electron chi connectivity index (χ3n) is 3.79. The molecule has 0 aliphatic carbocycles. The van der Waals surface area contributed by atoms with Crippen molar-refractivity contribution in [3.8, 4) is 5.75 Å². The van der Waals surface area contributed by atoms with Crippen molar-refractivity contribution in [3.63, 3.8) is 0 Å².